The van der Waals surface area contributed by atoms with Crippen LogP contribution in [0.2, 0.25) is 0 Å². The third-order valence-electron chi connectivity index (χ3n) is 2.53. The summed E-state index contributed by atoms with van der Waals surface area (Å²) in [5.41, 5.74) is -3.44. The highest BCUT2D eigenvalue weighted by atomic mass is 35.5. The third kappa shape index (κ3) is 4.52. The van der Waals surface area contributed by atoms with Crippen molar-refractivity contribution >= 4 is 40.9 Å². The number of carboxylic acid groups (broad SMARTS) is 1. The van der Waals surface area contributed by atoms with Crippen molar-refractivity contribution in [1.82, 2.24) is 0 Å². The number of carboxylic acids is 1. The van der Waals surface area contributed by atoms with Crippen molar-refractivity contribution in [1.29, 1.82) is 0 Å². The lowest BCUT2D eigenvalue weighted by Gasteiger charge is -2.25. The molecule has 1 aromatic rings. The third-order valence-corrected chi connectivity index (χ3v) is 3.94. The van der Waals surface area contributed by atoms with Crippen LogP contribution in [0.4, 0.5) is 18.9 Å². The lowest BCUT2D eigenvalue weighted by atomic mass is 10.1. The van der Waals surface area contributed by atoms with Gasteiger partial charge in [-0.3, -0.25) is 4.79 Å². The largest absolute Gasteiger partial charge is 0.479 e. The number of hydrogen-bond donors (Lipinski definition) is 3. The second-order valence-corrected chi connectivity index (χ2v) is 5.47. The van der Waals surface area contributed by atoms with Crippen LogP contribution in [0.3, 0.4) is 0 Å². The zero-order valence-electron chi connectivity index (χ0n) is 10.9. The van der Waals surface area contributed by atoms with E-state index in [0.717, 1.165) is 0 Å². The summed E-state index contributed by atoms with van der Waals surface area (Å²) >= 11 is 5.83. The second kappa shape index (κ2) is 7.21. The number of aliphatic hydroxyl groups is 1. The maximum atomic E-state index is 12.6. The fraction of sp³-hybridized carbons (Fsp3) is 0.333. The Morgan fingerprint density at radius 2 is 1.77 bits per heavy atom. The molecule has 0 spiro atoms. The minimum Gasteiger partial charge on any atom is -0.479 e. The van der Waals surface area contributed by atoms with Crippen LogP contribution in [-0.4, -0.2) is 45.5 Å². The van der Waals surface area contributed by atoms with Gasteiger partial charge in [0.05, 0.1) is 0 Å². The smallest absolute Gasteiger partial charge is 0.429 e. The van der Waals surface area contributed by atoms with Crippen LogP contribution < -0.4 is 5.32 Å². The molecule has 0 saturated heterocycles. The molecule has 122 valence electrons. The molecule has 0 aliphatic carbocycles. The molecule has 0 radical (unpaired) electrons. The Kier molecular flexibility index (Phi) is 6.09. The molecule has 0 aromatic heterocycles. The van der Waals surface area contributed by atoms with E-state index in [1.807, 2.05) is 0 Å². The Labute approximate surface area is 132 Å². The van der Waals surface area contributed by atoms with E-state index in [9.17, 15) is 27.9 Å². The van der Waals surface area contributed by atoms with E-state index < -0.39 is 29.4 Å². The van der Waals surface area contributed by atoms with Crippen molar-refractivity contribution < 1.29 is 33.0 Å². The van der Waals surface area contributed by atoms with Gasteiger partial charge in [0, 0.05) is 16.3 Å². The first-order chi connectivity index (χ1) is 10.1. The molecular weight excluding hydrogens is 347 g/mol. The molecule has 1 aromatic carbocycles. The predicted octanol–water partition coefficient (Wildman–Crippen LogP) is 2.33. The number of rotatable bonds is 6. The standard InChI is InChI=1S/C12H11ClF3NO4S/c13-5-9(18)17-7-1-3-8(4-2-7)22-6-11(21,10(19)20)12(14,15)16/h1-4,21H,5-6H2,(H,17,18)(H,19,20). The number of halogens is 4. The summed E-state index contributed by atoms with van der Waals surface area (Å²) in [7, 11) is 0. The molecule has 0 aliphatic heterocycles. The number of alkyl halides is 4. The average Bonchev–Trinajstić information content (AvgIpc) is 2.44. The number of hydrogen-bond acceptors (Lipinski definition) is 4. The van der Waals surface area contributed by atoms with E-state index >= 15 is 0 Å². The number of benzene rings is 1. The van der Waals surface area contributed by atoms with Gasteiger partial charge in [0.25, 0.3) is 5.60 Å². The fourth-order valence-corrected chi connectivity index (χ4v) is 2.34. The Hall–Kier alpha value is -1.45. The summed E-state index contributed by atoms with van der Waals surface area (Å²) < 4.78 is 37.8. The molecule has 0 bridgehead atoms. The van der Waals surface area contributed by atoms with Crippen molar-refractivity contribution in [2.45, 2.75) is 16.7 Å². The number of nitrogens with one attached hydrogen (secondary N) is 1. The van der Waals surface area contributed by atoms with Crippen molar-refractivity contribution in [2.24, 2.45) is 0 Å². The molecule has 1 unspecified atom stereocenters. The minimum absolute atomic E-state index is 0.242. The lowest BCUT2D eigenvalue weighted by Crippen LogP contribution is -2.54. The van der Waals surface area contributed by atoms with E-state index in [0.29, 0.717) is 22.3 Å². The molecule has 0 saturated carbocycles. The zero-order valence-corrected chi connectivity index (χ0v) is 12.4. The van der Waals surface area contributed by atoms with Gasteiger partial charge in [0.15, 0.2) is 0 Å². The molecule has 1 atom stereocenters. The summed E-state index contributed by atoms with van der Waals surface area (Å²) in [5, 5.41) is 20.3. The topological polar surface area (TPSA) is 86.6 Å². The summed E-state index contributed by atoms with van der Waals surface area (Å²) in [6.07, 6.45) is -5.29. The number of carbonyl (C=O) groups excluding carboxylic acids is 1. The summed E-state index contributed by atoms with van der Waals surface area (Å²) in [6, 6.07) is 5.60. The average molecular weight is 358 g/mol. The Balaban J connectivity index is 2.75. The number of amides is 1. The van der Waals surface area contributed by atoms with E-state index in [1.54, 1.807) is 0 Å². The van der Waals surface area contributed by atoms with Gasteiger partial charge in [0.2, 0.25) is 5.91 Å². The highest BCUT2D eigenvalue weighted by Crippen LogP contribution is 2.35. The number of thioether (sulfide) groups is 1. The van der Waals surface area contributed by atoms with E-state index in [2.05, 4.69) is 5.32 Å². The molecule has 1 rings (SSSR count). The zero-order chi connectivity index (χ0) is 17.0. The SMILES string of the molecule is O=C(CCl)Nc1ccc(SCC(O)(C(=O)O)C(F)(F)F)cc1. The Bertz CT molecular complexity index is 552. The van der Waals surface area contributed by atoms with E-state index in [1.165, 1.54) is 24.3 Å². The van der Waals surface area contributed by atoms with Crippen LogP contribution in [0.5, 0.6) is 0 Å². The van der Waals surface area contributed by atoms with Gasteiger partial charge in [-0.15, -0.1) is 23.4 Å². The van der Waals surface area contributed by atoms with Crippen LogP contribution in [-0.2, 0) is 9.59 Å². The van der Waals surface area contributed by atoms with Crippen molar-refractivity contribution in [2.75, 3.05) is 16.9 Å². The number of anilines is 1. The van der Waals surface area contributed by atoms with Gasteiger partial charge in [-0.05, 0) is 24.3 Å². The molecule has 22 heavy (non-hydrogen) atoms. The molecule has 1 amide bonds. The van der Waals surface area contributed by atoms with Crippen LogP contribution in [0, 0.1) is 0 Å². The molecule has 0 aliphatic rings. The monoisotopic (exact) mass is 357 g/mol. The molecule has 0 heterocycles. The minimum atomic E-state index is -5.29. The van der Waals surface area contributed by atoms with Crippen LogP contribution in [0.15, 0.2) is 29.2 Å². The van der Waals surface area contributed by atoms with Crippen LogP contribution >= 0.6 is 23.4 Å². The first-order valence-electron chi connectivity index (χ1n) is 5.71. The van der Waals surface area contributed by atoms with Gasteiger partial charge in [-0.25, -0.2) is 4.79 Å². The summed E-state index contributed by atoms with van der Waals surface area (Å²) in [5.74, 6) is -4.15. The quantitative estimate of drug-likeness (QED) is 0.537. The maximum absolute atomic E-state index is 12.6. The number of carbonyl (C=O) groups is 2. The highest BCUT2D eigenvalue weighted by molar-refractivity contribution is 7.99. The van der Waals surface area contributed by atoms with Crippen molar-refractivity contribution in [3.05, 3.63) is 24.3 Å². The van der Waals surface area contributed by atoms with Crippen molar-refractivity contribution in [3.8, 4) is 0 Å². The molecular formula is C12H11ClF3NO4S. The van der Waals surface area contributed by atoms with Crippen LogP contribution in [0.1, 0.15) is 0 Å². The lowest BCUT2D eigenvalue weighted by molar-refractivity contribution is -0.251. The summed E-state index contributed by atoms with van der Waals surface area (Å²) in [4.78, 5) is 22.0. The van der Waals surface area contributed by atoms with Gasteiger partial charge < -0.3 is 15.5 Å². The Morgan fingerprint density at radius 3 is 2.18 bits per heavy atom. The first-order valence-corrected chi connectivity index (χ1v) is 7.23. The Morgan fingerprint density at radius 1 is 1.23 bits per heavy atom. The molecule has 3 N–H and O–H groups in total. The first kappa shape index (κ1) is 18.6. The van der Waals surface area contributed by atoms with Gasteiger partial charge in [-0.1, -0.05) is 0 Å². The maximum Gasteiger partial charge on any atom is 0.429 e. The van der Waals surface area contributed by atoms with E-state index in [4.69, 9.17) is 16.7 Å². The van der Waals surface area contributed by atoms with E-state index in [-0.39, 0.29) is 5.88 Å². The van der Waals surface area contributed by atoms with Gasteiger partial charge in [-0.2, -0.15) is 13.2 Å². The summed E-state index contributed by atoms with van der Waals surface area (Å²) in [6.45, 7) is 0. The highest BCUT2D eigenvalue weighted by Gasteiger charge is 2.60. The molecule has 0 fully saturated rings. The normalized spacial score (nSPS) is 14.2. The fourth-order valence-electron chi connectivity index (χ4n) is 1.28. The molecule has 5 nitrogen and oxygen atoms in total. The second-order valence-electron chi connectivity index (χ2n) is 4.16. The number of aliphatic carboxylic acids is 1. The van der Waals surface area contributed by atoms with Gasteiger partial charge in [0.1, 0.15) is 5.88 Å². The van der Waals surface area contributed by atoms with Crippen molar-refractivity contribution in [3.63, 3.8) is 0 Å². The van der Waals surface area contributed by atoms with Crippen LogP contribution in [0.25, 0.3) is 0 Å². The molecule has 10 heteroatoms. The predicted molar refractivity (Wildman–Crippen MR) is 75.2 cm³/mol. The van der Waals surface area contributed by atoms with Gasteiger partial charge >= 0.3 is 12.1 Å².